The molecule has 6 nitrogen and oxygen atoms in total. The Morgan fingerprint density at radius 3 is 2.19 bits per heavy atom. The molecule has 0 aliphatic rings. The molecule has 0 amide bonds. The number of hydrogen-bond donors (Lipinski definition) is 0. The van der Waals surface area contributed by atoms with Gasteiger partial charge in [-0.25, -0.2) is 4.79 Å². The SMILES string of the molecule is CCOC(=O)CC(=O)Oc1ccc(C(=O)OCCc2ccccc2)cc1. The number of hydrogen-bond acceptors (Lipinski definition) is 6. The molecule has 0 heterocycles. The number of esters is 3. The Labute approximate surface area is 151 Å². The lowest BCUT2D eigenvalue weighted by Gasteiger charge is -2.07. The summed E-state index contributed by atoms with van der Waals surface area (Å²) < 4.78 is 14.9. The van der Waals surface area contributed by atoms with Crippen molar-refractivity contribution in [2.75, 3.05) is 13.2 Å². The summed E-state index contributed by atoms with van der Waals surface area (Å²) in [6, 6.07) is 15.7. The summed E-state index contributed by atoms with van der Waals surface area (Å²) in [7, 11) is 0. The fourth-order valence-corrected chi connectivity index (χ4v) is 2.15. The fourth-order valence-electron chi connectivity index (χ4n) is 2.15. The molecular weight excluding hydrogens is 336 g/mol. The first-order chi connectivity index (χ1) is 12.6. The topological polar surface area (TPSA) is 78.9 Å². The zero-order valence-corrected chi connectivity index (χ0v) is 14.5. The third kappa shape index (κ3) is 6.39. The molecule has 2 aromatic rings. The quantitative estimate of drug-likeness (QED) is 0.411. The summed E-state index contributed by atoms with van der Waals surface area (Å²) in [5.41, 5.74) is 1.44. The van der Waals surface area contributed by atoms with Crippen LogP contribution in [0, 0.1) is 0 Å². The second-order valence-electron chi connectivity index (χ2n) is 5.35. The van der Waals surface area contributed by atoms with Gasteiger partial charge in [0.15, 0.2) is 0 Å². The van der Waals surface area contributed by atoms with E-state index in [1.807, 2.05) is 30.3 Å². The lowest BCUT2D eigenvalue weighted by Crippen LogP contribution is -2.16. The van der Waals surface area contributed by atoms with Crippen molar-refractivity contribution < 1.29 is 28.6 Å². The molecule has 26 heavy (non-hydrogen) atoms. The van der Waals surface area contributed by atoms with E-state index in [2.05, 4.69) is 4.74 Å². The van der Waals surface area contributed by atoms with Crippen molar-refractivity contribution in [2.24, 2.45) is 0 Å². The molecule has 0 atom stereocenters. The largest absolute Gasteiger partial charge is 0.466 e. The molecule has 0 unspecified atom stereocenters. The number of carbonyl (C=O) groups is 3. The van der Waals surface area contributed by atoms with Crippen molar-refractivity contribution in [1.82, 2.24) is 0 Å². The van der Waals surface area contributed by atoms with Gasteiger partial charge in [0.1, 0.15) is 12.2 Å². The third-order valence-electron chi connectivity index (χ3n) is 3.38. The lowest BCUT2D eigenvalue weighted by molar-refractivity contribution is -0.149. The first-order valence-electron chi connectivity index (χ1n) is 8.26. The van der Waals surface area contributed by atoms with Gasteiger partial charge in [-0.15, -0.1) is 0 Å². The number of rotatable bonds is 8. The van der Waals surface area contributed by atoms with Gasteiger partial charge < -0.3 is 14.2 Å². The van der Waals surface area contributed by atoms with E-state index in [9.17, 15) is 14.4 Å². The Kier molecular flexibility index (Phi) is 7.36. The molecule has 0 radical (unpaired) electrons. The molecule has 0 aliphatic carbocycles. The highest BCUT2D eigenvalue weighted by Gasteiger charge is 2.13. The molecule has 0 bridgehead atoms. The van der Waals surface area contributed by atoms with Crippen LogP contribution in [0.4, 0.5) is 0 Å². The zero-order chi connectivity index (χ0) is 18.8. The summed E-state index contributed by atoms with van der Waals surface area (Å²) in [4.78, 5) is 34.8. The maximum absolute atomic E-state index is 12.0. The van der Waals surface area contributed by atoms with Gasteiger partial charge in [-0.2, -0.15) is 0 Å². The number of benzene rings is 2. The van der Waals surface area contributed by atoms with Crippen LogP contribution in [0.25, 0.3) is 0 Å². The van der Waals surface area contributed by atoms with Gasteiger partial charge in [0.05, 0.1) is 18.8 Å². The first kappa shape index (κ1) is 19.2. The minimum absolute atomic E-state index is 0.202. The second-order valence-corrected chi connectivity index (χ2v) is 5.35. The summed E-state index contributed by atoms with van der Waals surface area (Å²) in [6.07, 6.45) is 0.174. The molecule has 2 aromatic carbocycles. The maximum atomic E-state index is 12.0. The third-order valence-corrected chi connectivity index (χ3v) is 3.38. The van der Waals surface area contributed by atoms with E-state index in [1.54, 1.807) is 6.92 Å². The van der Waals surface area contributed by atoms with Crippen LogP contribution in [0.2, 0.25) is 0 Å². The summed E-state index contributed by atoms with van der Waals surface area (Å²) in [5, 5.41) is 0. The van der Waals surface area contributed by atoms with Crippen molar-refractivity contribution in [3.05, 3.63) is 65.7 Å². The molecule has 136 valence electrons. The molecule has 0 aromatic heterocycles. The number of carbonyl (C=O) groups excluding carboxylic acids is 3. The predicted molar refractivity (Wildman–Crippen MR) is 93.8 cm³/mol. The van der Waals surface area contributed by atoms with Crippen LogP contribution in [0.5, 0.6) is 5.75 Å². The monoisotopic (exact) mass is 356 g/mol. The Bertz CT molecular complexity index is 737. The normalized spacial score (nSPS) is 10.0. The van der Waals surface area contributed by atoms with E-state index < -0.39 is 24.3 Å². The van der Waals surface area contributed by atoms with Crippen LogP contribution in [0.15, 0.2) is 54.6 Å². The summed E-state index contributed by atoms with van der Waals surface area (Å²) in [5.74, 6) is -1.58. The van der Waals surface area contributed by atoms with Gasteiger partial charge in [0.25, 0.3) is 0 Å². The molecule has 0 aliphatic heterocycles. The fraction of sp³-hybridized carbons (Fsp3) is 0.250. The first-order valence-corrected chi connectivity index (χ1v) is 8.26. The Morgan fingerprint density at radius 1 is 0.846 bits per heavy atom. The van der Waals surface area contributed by atoms with E-state index in [1.165, 1.54) is 24.3 Å². The van der Waals surface area contributed by atoms with Crippen molar-refractivity contribution in [1.29, 1.82) is 0 Å². The van der Waals surface area contributed by atoms with E-state index in [0.717, 1.165) is 5.56 Å². The average molecular weight is 356 g/mol. The Morgan fingerprint density at radius 2 is 1.54 bits per heavy atom. The number of ether oxygens (including phenoxy) is 3. The van der Waals surface area contributed by atoms with Crippen molar-refractivity contribution >= 4 is 17.9 Å². The van der Waals surface area contributed by atoms with Crippen LogP contribution in [0.1, 0.15) is 29.3 Å². The van der Waals surface area contributed by atoms with Gasteiger partial charge >= 0.3 is 17.9 Å². The molecule has 6 heteroatoms. The summed E-state index contributed by atoms with van der Waals surface area (Å²) in [6.45, 7) is 2.13. The van der Waals surface area contributed by atoms with Gasteiger partial charge in [0, 0.05) is 6.42 Å². The van der Waals surface area contributed by atoms with Gasteiger partial charge in [-0.3, -0.25) is 9.59 Å². The van der Waals surface area contributed by atoms with Gasteiger partial charge in [-0.05, 0) is 36.8 Å². The van der Waals surface area contributed by atoms with E-state index in [0.29, 0.717) is 12.0 Å². The molecule has 2 rings (SSSR count). The minimum atomic E-state index is -0.721. The average Bonchev–Trinajstić information content (AvgIpc) is 2.63. The highest BCUT2D eigenvalue weighted by Crippen LogP contribution is 2.14. The molecular formula is C20H20O6. The minimum Gasteiger partial charge on any atom is -0.466 e. The second kappa shape index (κ2) is 9.98. The van der Waals surface area contributed by atoms with Crippen LogP contribution in [-0.4, -0.2) is 31.1 Å². The molecule has 0 spiro atoms. The van der Waals surface area contributed by atoms with Gasteiger partial charge in [-0.1, -0.05) is 30.3 Å². The van der Waals surface area contributed by atoms with Crippen molar-refractivity contribution in [3.8, 4) is 5.75 Å². The highest BCUT2D eigenvalue weighted by atomic mass is 16.6. The Balaban J connectivity index is 1.79. The van der Waals surface area contributed by atoms with E-state index in [4.69, 9.17) is 9.47 Å². The Hall–Kier alpha value is -3.15. The highest BCUT2D eigenvalue weighted by molar-refractivity contribution is 5.92. The molecule has 0 saturated heterocycles. The van der Waals surface area contributed by atoms with E-state index in [-0.39, 0.29) is 19.0 Å². The van der Waals surface area contributed by atoms with Crippen LogP contribution < -0.4 is 4.74 Å². The molecule has 0 saturated carbocycles. The maximum Gasteiger partial charge on any atom is 0.338 e. The lowest BCUT2D eigenvalue weighted by atomic mass is 10.2. The zero-order valence-electron chi connectivity index (χ0n) is 14.5. The molecule has 0 N–H and O–H groups in total. The molecule has 0 fully saturated rings. The predicted octanol–water partition coefficient (Wildman–Crippen LogP) is 2.94. The van der Waals surface area contributed by atoms with Crippen LogP contribution in [0.3, 0.4) is 0 Å². The van der Waals surface area contributed by atoms with Crippen molar-refractivity contribution in [2.45, 2.75) is 19.8 Å². The smallest absolute Gasteiger partial charge is 0.338 e. The summed E-state index contributed by atoms with van der Waals surface area (Å²) >= 11 is 0. The van der Waals surface area contributed by atoms with Gasteiger partial charge in [0.2, 0.25) is 0 Å². The standard InChI is InChI=1S/C20H20O6/c1-2-24-18(21)14-19(22)26-17-10-8-16(9-11-17)20(23)25-13-12-15-6-4-3-5-7-15/h3-11H,2,12-14H2,1H3. The van der Waals surface area contributed by atoms with Crippen LogP contribution in [-0.2, 0) is 25.5 Å². The van der Waals surface area contributed by atoms with E-state index >= 15 is 0 Å². The van der Waals surface area contributed by atoms with Crippen molar-refractivity contribution in [3.63, 3.8) is 0 Å². The van der Waals surface area contributed by atoms with Crippen LogP contribution >= 0.6 is 0 Å².